The molecule has 116 valence electrons. The maximum Gasteiger partial charge on any atom is 0.184 e. The lowest BCUT2D eigenvalue weighted by Crippen LogP contribution is -2.09. The summed E-state index contributed by atoms with van der Waals surface area (Å²) in [4.78, 5) is 7.92. The van der Waals surface area contributed by atoms with Gasteiger partial charge in [0, 0.05) is 42.7 Å². The van der Waals surface area contributed by atoms with Gasteiger partial charge in [-0.2, -0.15) is 20.5 Å². The molecule has 0 aromatic carbocycles. The zero-order chi connectivity index (χ0) is 15.1. The normalized spacial score (nSPS) is 11.0. The van der Waals surface area contributed by atoms with Crippen LogP contribution in [-0.4, -0.2) is 52.1 Å². The molecule has 0 atom stereocenters. The van der Waals surface area contributed by atoms with Gasteiger partial charge in [-0.05, 0) is 14.1 Å². The predicted octanol–water partition coefficient (Wildman–Crippen LogP) is 2.44. The van der Waals surface area contributed by atoms with Gasteiger partial charge in [-0.3, -0.25) is 0 Å². The van der Waals surface area contributed by atoms with E-state index in [1.54, 1.807) is 11.3 Å². The van der Waals surface area contributed by atoms with Crippen LogP contribution in [0.2, 0.25) is 0 Å². The number of hydrogen-bond donors (Lipinski definition) is 2. The number of thiazole rings is 1. The molecule has 2 aromatic heterocycles. The summed E-state index contributed by atoms with van der Waals surface area (Å²) in [5.74, 6) is 3.71. The Morgan fingerprint density at radius 1 is 1.29 bits per heavy atom. The molecule has 2 N–H and O–H groups in total. The number of anilines is 2. The number of nitrogens with one attached hydrogen (secondary N) is 2. The molecule has 0 fully saturated rings. The van der Waals surface area contributed by atoms with E-state index in [0.29, 0.717) is 0 Å². The molecule has 0 saturated carbocycles. The molecule has 6 nitrogen and oxygen atoms in total. The number of nitrogens with zero attached hydrogens (tertiary/aromatic N) is 4. The average molecular weight is 345 g/mol. The summed E-state index contributed by atoms with van der Waals surface area (Å²) in [7, 11) is 5.98. The van der Waals surface area contributed by atoms with Crippen LogP contribution in [0.1, 0.15) is 9.88 Å². The third-order valence-electron chi connectivity index (χ3n) is 2.56. The largest absolute Gasteiger partial charge is 0.369 e. The van der Waals surface area contributed by atoms with Crippen molar-refractivity contribution < 1.29 is 0 Å². The molecule has 2 heterocycles. The van der Waals surface area contributed by atoms with Crippen LogP contribution < -0.4 is 10.6 Å². The minimum absolute atomic E-state index is 0.820. The van der Waals surface area contributed by atoms with E-state index in [-0.39, 0.29) is 0 Å². The first-order valence-electron chi connectivity index (χ1n) is 6.59. The molecule has 2 rings (SSSR count). The summed E-state index contributed by atoms with van der Waals surface area (Å²) in [6.45, 7) is 1.80. The highest BCUT2D eigenvalue weighted by atomic mass is 32.2. The molecule has 0 saturated heterocycles. The van der Waals surface area contributed by atoms with Crippen molar-refractivity contribution >= 4 is 46.5 Å². The molecule has 0 spiro atoms. The zero-order valence-electron chi connectivity index (χ0n) is 12.4. The van der Waals surface area contributed by atoms with E-state index in [1.165, 1.54) is 21.6 Å². The number of aromatic nitrogens is 3. The summed E-state index contributed by atoms with van der Waals surface area (Å²) in [6, 6.07) is 0. The summed E-state index contributed by atoms with van der Waals surface area (Å²) in [5, 5.41) is 7.50. The predicted molar refractivity (Wildman–Crippen MR) is 93.6 cm³/mol. The van der Waals surface area contributed by atoms with Gasteiger partial charge in [-0.15, -0.1) is 11.3 Å². The topological polar surface area (TPSA) is 66.0 Å². The van der Waals surface area contributed by atoms with E-state index in [4.69, 9.17) is 0 Å². The van der Waals surface area contributed by atoms with Crippen molar-refractivity contribution in [1.29, 1.82) is 0 Å². The molecular weight excluding hydrogens is 324 g/mol. The van der Waals surface area contributed by atoms with Crippen LogP contribution in [0.25, 0.3) is 0 Å². The Balaban J connectivity index is 1.64. The second-order valence-corrected chi connectivity index (χ2v) is 7.48. The lowest BCUT2D eigenvalue weighted by molar-refractivity contribution is 0.401. The highest BCUT2D eigenvalue weighted by molar-refractivity contribution is 7.98. The molecule has 0 aliphatic rings. The summed E-state index contributed by atoms with van der Waals surface area (Å²) in [5.41, 5.74) is 0. The summed E-state index contributed by atoms with van der Waals surface area (Å²) >= 11 is 4.92. The zero-order valence-corrected chi connectivity index (χ0v) is 14.9. The van der Waals surface area contributed by atoms with E-state index in [0.717, 1.165) is 36.2 Å². The number of thioether (sulfide) groups is 1. The van der Waals surface area contributed by atoms with Crippen molar-refractivity contribution in [2.24, 2.45) is 0 Å². The fourth-order valence-electron chi connectivity index (χ4n) is 1.64. The van der Waals surface area contributed by atoms with Crippen LogP contribution in [0.5, 0.6) is 0 Å². The Morgan fingerprint density at radius 3 is 2.86 bits per heavy atom. The van der Waals surface area contributed by atoms with E-state index in [1.807, 2.05) is 25.0 Å². The Labute approximate surface area is 137 Å². The van der Waals surface area contributed by atoms with Gasteiger partial charge >= 0.3 is 0 Å². The quantitative estimate of drug-likeness (QED) is 0.677. The molecule has 0 amide bonds. The van der Waals surface area contributed by atoms with Gasteiger partial charge in [0.2, 0.25) is 0 Å². The Kier molecular flexibility index (Phi) is 6.68. The van der Waals surface area contributed by atoms with Gasteiger partial charge in [-0.25, -0.2) is 4.98 Å². The second-order valence-electron chi connectivity index (χ2n) is 4.65. The fraction of sp³-hybridized carbons (Fsp3) is 0.583. The fourth-order valence-corrected chi connectivity index (χ4v) is 4.16. The molecule has 0 bridgehead atoms. The minimum Gasteiger partial charge on any atom is -0.369 e. The first kappa shape index (κ1) is 16.5. The SMILES string of the molecule is CNc1nsnc1NCCSCc1cnc(CN(C)C)s1. The van der Waals surface area contributed by atoms with Crippen LogP contribution in [0.4, 0.5) is 11.6 Å². The van der Waals surface area contributed by atoms with Crippen molar-refractivity contribution in [2.75, 3.05) is 44.1 Å². The first-order valence-corrected chi connectivity index (χ1v) is 9.29. The van der Waals surface area contributed by atoms with E-state index in [2.05, 4.69) is 43.4 Å². The Bertz CT molecular complexity index is 539. The third kappa shape index (κ3) is 5.42. The van der Waals surface area contributed by atoms with Crippen molar-refractivity contribution in [3.8, 4) is 0 Å². The highest BCUT2D eigenvalue weighted by Crippen LogP contribution is 2.21. The third-order valence-corrected chi connectivity index (χ3v) is 5.26. The smallest absolute Gasteiger partial charge is 0.184 e. The molecule has 0 aliphatic carbocycles. The Morgan fingerprint density at radius 2 is 2.10 bits per heavy atom. The average Bonchev–Trinajstić information content (AvgIpc) is 3.07. The van der Waals surface area contributed by atoms with Crippen LogP contribution in [-0.2, 0) is 12.3 Å². The monoisotopic (exact) mass is 344 g/mol. The van der Waals surface area contributed by atoms with Gasteiger partial charge < -0.3 is 15.5 Å². The standard InChI is InChI=1S/C12H20N6S3/c1-13-11-12(17-21-16-11)14-4-5-19-8-9-6-15-10(20-9)7-18(2)3/h6H,4-5,7-8H2,1-3H3,(H,13,16)(H,14,17). The van der Waals surface area contributed by atoms with Gasteiger partial charge in [0.25, 0.3) is 0 Å². The highest BCUT2D eigenvalue weighted by Gasteiger charge is 2.05. The van der Waals surface area contributed by atoms with Crippen molar-refractivity contribution in [2.45, 2.75) is 12.3 Å². The van der Waals surface area contributed by atoms with Gasteiger partial charge in [-0.1, -0.05) is 0 Å². The molecule has 21 heavy (non-hydrogen) atoms. The summed E-state index contributed by atoms with van der Waals surface area (Å²) in [6.07, 6.45) is 1.99. The van der Waals surface area contributed by atoms with Crippen LogP contribution in [0.15, 0.2) is 6.20 Å². The minimum atomic E-state index is 0.820. The van der Waals surface area contributed by atoms with Crippen LogP contribution in [0.3, 0.4) is 0 Å². The molecular formula is C12H20N6S3. The Hall–Kier alpha value is -0.900. The van der Waals surface area contributed by atoms with E-state index < -0.39 is 0 Å². The van der Waals surface area contributed by atoms with Crippen LogP contribution >= 0.6 is 34.8 Å². The first-order chi connectivity index (χ1) is 10.2. The van der Waals surface area contributed by atoms with Crippen molar-refractivity contribution in [3.63, 3.8) is 0 Å². The second kappa shape index (κ2) is 8.52. The van der Waals surface area contributed by atoms with Gasteiger partial charge in [0.05, 0.1) is 11.7 Å². The lowest BCUT2D eigenvalue weighted by Gasteiger charge is -2.05. The van der Waals surface area contributed by atoms with Crippen molar-refractivity contribution in [3.05, 3.63) is 16.1 Å². The molecule has 0 aliphatic heterocycles. The summed E-state index contributed by atoms with van der Waals surface area (Å²) < 4.78 is 8.36. The van der Waals surface area contributed by atoms with Gasteiger partial charge in [0.15, 0.2) is 11.6 Å². The molecule has 9 heteroatoms. The lowest BCUT2D eigenvalue weighted by atomic mass is 10.6. The maximum absolute atomic E-state index is 4.44. The van der Waals surface area contributed by atoms with Crippen molar-refractivity contribution in [1.82, 2.24) is 18.6 Å². The van der Waals surface area contributed by atoms with E-state index in [9.17, 15) is 0 Å². The molecule has 2 aromatic rings. The van der Waals surface area contributed by atoms with E-state index >= 15 is 0 Å². The maximum atomic E-state index is 4.44. The number of rotatable bonds is 9. The molecule has 0 radical (unpaired) electrons. The van der Waals surface area contributed by atoms with Gasteiger partial charge in [0.1, 0.15) is 5.01 Å². The molecule has 0 unspecified atom stereocenters. The number of hydrogen-bond acceptors (Lipinski definition) is 9. The van der Waals surface area contributed by atoms with Crippen LogP contribution in [0, 0.1) is 0 Å².